The van der Waals surface area contributed by atoms with Crippen molar-refractivity contribution in [1.82, 2.24) is 20.1 Å². The van der Waals surface area contributed by atoms with Crippen LogP contribution < -0.4 is 5.32 Å². The van der Waals surface area contributed by atoms with E-state index in [4.69, 9.17) is 4.42 Å². The van der Waals surface area contributed by atoms with Crippen LogP contribution >= 0.6 is 0 Å². The number of carbonyl (C=O) groups is 1. The van der Waals surface area contributed by atoms with E-state index in [0.29, 0.717) is 17.2 Å². The van der Waals surface area contributed by atoms with Crippen molar-refractivity contribution in [3.8, 4) is 0 Å². The number of fused-ring (bicyclic) bond motifs is 1. The molecule has 1 N–H and O–H groups in total. The third-order valence-corrected chi connectivity index (χ3v) is 3.91. The first-order valence-corrected chi connectivity index (χ1v) is 7.96. The first kappa shape index (κ1) is 16.2. The van der Waals surface area contributed by atoms with Gasteiger partial charge in [-0.05, 0) is 25.1 Å². The zero-order valence-electron chi connectivity index (χ0n) is 14.6. The highest BCUT2D eigenvalue weighted by Crippen LogP contribution is 2.23. The number of benzene rings is 1. The lowest BCUT2D eigenvalue weighted by molar-refractivity contribution is 0.0925. The van der Waals surface area contributed by atoms with Gasteiger partial charge in [0.1, 0.15) is 17.3 Å². The molecule has 0 aliphatic heterocycles. The summed E-state index contributed by atoms with van der Waals surface area (Å²) in [6.07, 6.45) is 0. The number of oxazole rings is 1. The fourth-order valence-electron chi connectivity index (χ4n) is 2.45. The monoisotopic (exact) mass is 326 g/mol. The molecule has 6 heteroatoms. The fraction of sp³-hybridized carbons (Fsp3) is 0.389. The van der Waals surface area contributed by atoms with Crippen LogP contribution in [0.4, 0.5) is 0 Å². The SMILES string of the molecule is CC(NC(=O)c1cc(C(C)(C)C)nn1C)c1nc2ccccc2o1. The molecule has 1 unspecified atom stereocenters. The predicted molar refractivity (Wildman–Crippen MR) is 91.8 cm³/mol. The Kier molecular flexibility index (Phi) is 3.91. The largest absolute Gasteiger partial charge is 0.438 e. The maximum atomic E-state index is 12.6. The maximum absolute atomic E-state index is 12.6. The van der Waals surface area contributed by atoms with Crippen LogP contribution in [0.15, 0.2) is 34.7 Å². The van der Waals surface area contributed by atoms with Gasteiger partial charge in [0.25, 0.3) is 5.91 Å². The van der Waals surface area contributed by atoms with Crippen molar-refractivity contribution in [3.05, 3.63) is 47.6 Å². The molecular formula is C18H22N4O2. The molecule has 3 aromatic rings. The van der Waals surface area contributed by atoms with Crippen LogP contribution in [0.2, 0.25) is 0 Å². The number of aryl methyl sites for hydroxylation is 1. The van der Waals surface area contributed by atoms with Crippen LogP contribution in [0.3, 0.4) is 0 Å². The van der Waals surface area contributed by atoms with Gasteiger partial charge in [-0.15, -0.1) is 0 Å². The minimum Gasteiger partial charge on any atom is -0.438 e. The molecule has 3 rings (SSSR count). The average Bonchev–Trinajstić information content (AvgIpc) is 3.09. The van der Waals surface area contributed by atoms with Gasteiger partial charge in [0.15, 0.2) is 5.58 Å². The second kappa shape index (κ2) is 5.78. The van der Waals surface area contributed by atoms with Crippen molar-refractivity contribution in [3.63, 3.8) is 0 Å². The van der Waals surface area contributed by atoms with E-state index in [9.17, 15) is 4.79 Å². The summed E-state index contributed by atoms with van der Waals surface area (Å²) in [5, 5.41) is 7.36. The predicted octanol–water partition coefficient (Wildman–Crippen LogP) is 3.35. The van der Waals surface area contributed by atoms with Gasteiger partial charge >= 0.3 is 0 Å². The summed E-state index contributed by atoms with van der Waals surface area (Å²) >= 11 is 0. The summed E-state index contributed by atoms with van der Waals surface area (Å²) in [5.41, 5.74) is 2.78. The standard InChI is InChI=1S/C18H22N4O2/c1-11(17-20-12-8-6-7-9-14(12)24-17)19-16(23)13-10-15(18(2,3)4)21-22(13)5/h6-11H,1-5H3,(H,19,23). The van der Waals surface area contributed by atoms with E-state index in [0.717, 1.165) is 11.2 Å². The highest BCUT2D eigenvalue weighted by molar-refractivity contribution is 5.93. The van der Waals surface area contributed by atoms with Gasteiger partial charge < -0.3 is 9.73 Å². The number of hydrogen-bond donors (Lipinski definition) is 1. The topological polar surface area (TPSA) is 73.0 Å². The number of carbonyl (C=O) groups excluding carboxylic acids is 1. The van der Waals surface area contributed by atoms with E-state index in [1.807, 2.05) is 37.3 Å². The quantitative estimate of drug-likeness (QED) is 0.801. The first-order valence-electron chi connectivity index (χ1n) is 7.96. The molecule has 0 bridgehead atoms. The molecule has 24 heavy (non-hydrogen) atoms. The van der Waals surface area contributed by atoms with Gasteiger partial charge in [-0.2, -0.15) is 5.10 Å². The highest BCUT2D eigenvalue weighted by atomic mass is 16.3. The molecule has 0 fully saturated rings. The summed E-state index contributed by atoms with van der Waals surface area (Å²) in [5.74, 6) is 0.290. The lowest BCUT2D eigenvalue weighted by atomic mass is 9.92. The zero-order chi connectivity index (χ0) is 17.5. The third kappa shape index (κ3) is 3.04. The van der Waals surface area contributed by atoms with Gasteiger partial charge in [-0.1, -0.05) is 32.9 Å². The molecular weight excluding hydrogens is 304 g/mol. The number of nitrogens with one attached hydrogen (secondary N) is 1. The van der Waals surface area contributed by atoms with E-state index in [-0.39, 0.29) is 17.4 Å². The summed E-state index contributed by atoms with van der Waals surface area (Å²) in [6, 6.07) is 9.03. The smallest absolute Gasteiger partial charge is 0.270 e. The van der Waals surface area contributed by atoms with Crippen molar-refractivity contribution in [2.24, 2.45) is 7.05 Å². The third-order valence-electron chi connectivity index (χ3n) is 3.91. The molecule has 126 valence electrons. The lowest BCUT2D eigenvalue weighted by Crippen LogP contribution is -2.28. The summed E-state index contributed by atoms with van der Waals surface area (Å²) < 4.78 is 7.31. The molecule has 2 aromatic heterocycles. The van der Waals surface area contributed by atoms with Gasteiger partial charge in [-0.25, -0.2) is 4.98 Å². The van der Waals surface area contributed by atoms with Crippen molar-refractivity contribution in [1.29, 1.82) is 0 Å². The normalized spacial score (nSPS) is 13.2. The fourth-order valence-corrected chi connectivity index (χ4v) is 2.45. The van der Waals surface area contributed by atoms with E-state index in [1.54, 1.807) is 11.7 Å². The molecule has 0 radical (unpaired) electrons. The van der Waals surface area contributed by atoms with Gasteiger partial charge in [-0.3, -0.25) is 9.48 Å². The number of amides is 1. The van der Waals surface area contributed by atoms with Crippen LogP contribution in [-0.4, -0.2) is 20.7 Å². The Hall–Kier alpha value is -2.63. The molecule has 0 saturated heterocycles. The van der Waals surface area contributed by atoms with E-state index in [2.05, 4.69) is 36.2 Å². The molecule has 1 atom stereocenters. The van der Waals surface area contributed by atoms with Gasteiger partial charge in [0, 0.05) is 12.5 Å². The minimum atomic E-state index is -0.335. The summed E-state index contributed by atoms with van der Waals surface area (Å²) in [6.45, 7) is 8.05. The Balaban J connectivity index is 1.80. The van der Waals surface area contributed by atoms with Crippen molar-refractivity contribution in [2.75, 3.05) is 0 Å². The minimum absolute atomic E-state index is 0.109. The number of aromatic nitrogens is 3. The van der Waals surface area contributed by atoms with Crippen LogP contribution in [0.25, 0.3) is 11.1 Å². The van der Waals surface area contributed by atoms with Crippen molar-refractivity contribution < 1.29 is 9.21 Å². The first-order chi connectivity index (χ1) is 11.3. The molecule has 1 aromatic carbocycles. The van der Waals surface area contributed by atoms with Gasteiger partial charge in [0.05, 0.1) is 5.69 Å². The molecule has 2 heterocycles. The molecule has 0 aliphatic carbocycles. The highest BCUT2D eigenvalue weighted by Gasteiger charge is 2.23. The second-order valence-corrected chi connectivity index (χ2v) is 7.00. The van der Waals surface area contributed by atoms with E-state index in [1.165, 1.54) is 0 Å². The lowest BCUT2D eigenvalue weighted by Gasteiger charge is -2.13. The zero-order valence-corrected chi connectivity index (χ0v) is 14.6. The second-order valence-electron chi connectivity index (χ2n) is 7.00. The Labute approximate surface area is 140 Å². The Bertz CT molecular complexity index is 853. The Morgan fingerprint density at radius 1 is 1.29 bits per heavy atom. The van der Waals surface area contributed by atoms with E-state index >= 15 is 0 Å². The number of nitrogens with zero attached hydrogens (tertiary/aromatic N) is 3. The van der Waals surface area contributed by atoms with E-state index < -0.39 is 0 Å². The average molecular weight is 326 g/mol. The molecule has 6 nitrogen and oxygen atoms in total. The summed E-state index contributed by atoms with van der Waals surface area (Å²) in [7, 11) is 1.77. The van der Waals surface area contributed by atoms with Crippen molar-refractivity contribution in [2.45, 2.75) is 39.2 Å². The molecule has 0 spiro atoms. The molecule has 0 saturated carbocycles. The Morgan fingerprint density at radius 2 is 2.00 bits per heavy atom. The summed E-state index contributed by atoms with van der Waals surface area (Å²) in [4.78, 5) is 17.0. The number of rotatable bonds is 3. The molecule has 1 amide bonds. The van der Waals surface area contributed by atoms with Crippen LogP contribution in [0.1, 0.15) is 55.8 Å². The van der Waals surface area contributed by atoms with Crippen molar-refractivity contribution >= 4 is 17.0 Å². The van der Waals surface area contributed by atoms with Crippen LogP contribution in [0.5, 0.6) is 0 Å². The van der Waals surface area contributed by atoms with Gasteiger partial charge in [0.2, 0.25) is 5.89 Å². The maximum Gasteiger partial charge on any atom is 0.270 e. The number of para-hydroxylation sites is 2. The van der Waals surface area contributed by atoms with Crippen LogP contribution in [-0.2, 0) is 12.5 Å². The Morgan fingerprint density at radius 3 is 2.62 bits per heavy atom. The number of hydrogen-bond acceptors (Lipinski definition) is 4. The molecule has 0 aliphatic rings. The van der Waals surface area contributed by atoms with Crippen LogP contribution in [0, 0.1) is 0 Å².